The molecule has 2 N–H and O–H groups in total. The molecule has 1 fully saturated rings. The number of aliphatic imine (C=N–C) groups is 1. The van der Waals surface area contributed by atoms with Crippen molar-refractivity contribution >= 4 is 35.6 Å². The first-order valence-corrected chi connectivity index (χ1v) is 10.7. The van der Waals surface area contributed by atoms with Gasteiger partial charge < -0.3 is 10.6 Å². The average molecular weight is 513 g/mol. The van der Waals surface area contributed by atoms with Crippen LogP contribution in [0.25, 0.3) is 5.65 Å². The Morgan fingerprint density at radius 3 is 2.69 bits per heavy atom. The van der Waals surface area contributed by atoms with Crippen molar-refractivity contribution in [2.24, 2.45) is 4.99 Å². The molecule has 2 aromatic rings. The monoisotopic (exact) mass is 513 g/mol. The van der Waals surface area contributed by atoms with Gasteiger partial charge >= 0.3 is 0 Å². The lowest BCUT2D eigenvalue weighted by Crippen LogP contribution is -2.49. The highest BCUT2D eigenvalue weighted by molar-refractivity contribution is 14.0. The van der Waals surface area contributed by atoms with Gasteiger partial charge in [0.15, 0.2) is 11.6 Å². The van der Waals surface area contributed by atoms with Crippen molar-refractivity contribution in [2.45, 2.75) is 58.4 Å². The van der Waals surface area contributed by atoms with Crippen LogP contribution in [0.3, 0.4) is 0 Å². The number of guanidine groups is 1. The summed E-state index contributed by atoms with van der Waals surface area (Å²) in [4.78, 5) is 7.45. The van der Waals surface area contributed by atoms with Crippen LogP contribution in [0.1, 0.15) is 52.3 Å². The van der Waals surface area contributed by atoms with Crippen LogP contribution < -0.4 is 10.6 Å². The molecule has 8 heteroatoms. The minimum absolute atomic E-state index is 0. The molecule has 0 atom stereocenters. The van der Waals surface area contributed by atoms with Crippen molar-refractivity contribution in [2.75, 3.05) is 32.7 Å². The molecule has 0 radical (unpaired) electrons. The Bertz CT molecular complexity index is 765. The summed E-state index contributed by atoms with van der Waals surface area (Å²) in [6, 6.07) is 5.98. The molecule has 3 rings (SSSR count). The molecule has 2 aromatic heterocycles. The van der Waals surface area contributed by atoms with Gasteiger partial charge in [-0.2, -0.15) is 0 Å². The number of halogens is 1. The second-order valence-corrected chi connectivity index (χ2v) is 8.13. The van der Waals surface area contributed by atoms with Crippen LogP contribution in [0.15, 0.2) is 29.4 Å². The topological polar surface area (TPSA) is 69.8 Å². The highest BCUT2D eigenvalue weighted by Crippen LogP contribution is 2.20. The number of rotatable bonds is 8. The van der Waals surface area contributed by atoms with E-state index in [1.807, 2.05) is 24.4 Å². The first kappa shape index (κ1) is 23.9. The van der Waals surface area contributed by atoms with Crippen LogP contribution in [0.4, 0.5) is 0 Å². The van der Waals surface area contributed by atoms with Gasteiger partial charge in [-0.05, 0) is 65.3 Å². The Kier molecular flexibility index (Phi) is 9.61. The number of aromatic nitrogens is 3. The Morgan fingerprint density at radius 1 is 1.14 bits per heavy atom. The number of nitrogens with one attached hydrogen (secondary N) is 2. The highest BCUT2D eigenvalue weighted by atomic mass is 127. The second-order valence-electron chi connectivity index (χ2n) is 8.13. The van der Waals surface area contributed by atoms with Crippen LogP contribution >= 0.6 is 24.0 Å². The number of pyridine rings is 1. The largest absolute Gasteiger partial charge is 0.357 e. The van der Waals surface area contributed by atoms with Crippen molar-refractivity contribution in [3.05, 3.63) is 30.2 Å². The van der Waals surface area contributed by atoms with E-state index in [4.69, 9.17) is 4.99 Å². The molecule has 1 aliphatic heterocycles. The summed E-state index contributed by atoms with van der Waals surface area (Å²) in [7, 11) is 0. The Labute approximate surface area is 191 Å². The molecular formula is C21H36IN7. The maximum atomic E-state index is 4.86. The smallest absolute Gasteiger partial charge is 0.191 e. The van der Waals surface area contributed by atoms with Crippen molar-refractivity contribution < 1.29 is 0 Å². The third-order valence-corrected chi connectivity index (χ3v) is 5.43. The van der Waals surface area contributed by atoms with Crippen LogP contribution in [-0.2, 0) is 6.42 Å². The first-order chi connectivity index (χ1) is 13.6. The van der Waals surface area contributed by atoms with Gasteiger partial charge in [-0.15, -0.1) is 34.2 Å². The molecule has 0 unspecified atom stereocenters. The van der Waals surface area contributed by atoms with Crippen LogP contribution in [0.5, 0.6) is 0 Å². The van der Waals surface area contributed by atoms with E-state index >= 15 is 0 Å². The maximum Gasteiger partial charge on any atom is 0.191 e. The number of aryl methyl sites for hydroxylation is 1. The molecule has 0 amide bonds. The summed E-state index contributed by atoms with van der Waals surface area (Å²) >= 11 is 0. The van der Waals surface area contributed by atoms with Gasteiger partial charge in [0.25, 0.3) is 0 Å². The fraction of sp³-hybridized carbons (Fsp3) is 0.667. The first-order valence-electron chi connectivity index (χ1n) is 10.7. The lowest BCUT2D eigenvalue weighted by atomic mass is 9.99. The third kappa shape index (κ3) is 6.80. The molecule has 1 aliphatic rings. The molecule has 0 spiro atoms. The van der Waals surface area contributed by atoms with E-state index in [2.05, 4.69) is 50.9 Å². The average Bonchev–Trinajstić information content (AvgIpc) is 3.13. The Balaban J connectivity index is 0.00000300. The number of hydrogen-bond donors (Lipinski definition) is 2. The van der Waals surface area contributed by atoms with Crippen LogP contribution in [0, 0.1) is 0 Å². The van der Waals surface area contributed by atoms with Gasteiger partial charge in [-0.25, -0.2) is 0 Å². The van der Waals surface area contributed by atoms with E-state index in [1.165, 1.54) is 32.4 Å². The van der Waals surface area contributed by atoms with E-state index in [9.17, 15) is 0 Å². The molecule has 29 heavy (non-hydrogen) atoms. The number of nitrogens with zero attached hydrogens (tertiary/aromatic N) is 5. The summed E-state index contributed by atoms with van der Waals surface area (Å²) in [5.41, 5.74) is 1.00. The summed E-state index contributed by atoms with van der Waals surface area (Å²) in [5, 5.41) is 15.4. The van der Waals surface area contributed by atoms with Gasteiger partial charge in [0.2, 0.25) is 0 Å². The van der Waals surface area contributed by atoms with E-state index < -0.39 is 0 Å². The number of fused-ring (bicyclic) bond motifs is 1. The summed E-state index contributed by atoms with van der Waals surface area (Å²) in [6.45, 7) is 11.6. The normalized spacial score (nSPS) is 15.9. The summed E-state index contributed by atoms with van der Waals surface area (Å²) in [5.74, 6) is 1.91. The fourth-order valence-electron chi connectivity index (χ4n) is 3.73. The predicted octanol–water partition coefficient (Wildman–Crippen LogP) is 3.10. The quantitative estimate of drug-likeness (QED) is 0.246. The number of likely N-dealkylation sites (tertiary alicyclic amines) is 1. The third-order valence-electron chi connectivity index (χ3n) is 5.43. The summed E-state index contributed by atoms with van der Waals surface area (Å²) < 4.78 is 2.06. The molecule has 0 bridgehead atoms. The minimum atomic E-state index is 0. The minimum Gasteiger partial charge on any atom is -0.357 e. The predicted molar refractivity (Wildman–Crippen MR) is 130 cm³/mol. The number of piperidine rings is 1. The van der Waals surface area contributed by atoms with Gasteiger partial charge in [0, 0.05) is 31.2 Å². The maximum absolute atomic E-state index is 4.86. The van der Waals surface area contributed by atoms with Gasteiger partial charge in [0.1, 0.15) is 5.82 Å². The zero-order chi connectivity index (χ0) is 19.8. The zero-order valence-electron chi connectivity index (χ0n) is 18.0. The molecule has 7 nitrogen and oxygen atoms in total. The molecular weight excluding hydrogens is 477 g/mol. The molecule has 0 aromatic carbocycles. The van der Waals surface area contributed by atoms with E-state index in [1.54, 1.807) is 0 Å². The molecule has 0 aliphatic carbocycles. The Hall–Kier alpha value is -1.42. The van der Waals surface area contributed by atoms with E-state index in [0.717, 1.165) is 49.9 Å². The van der Waals surface area contributed by atoms with Gasteiger partial charge in [-0.3, -0.25) is 14.3 Å². The van der Waals surface area contributed by atoms with Crippen molar-refractivity contribution in [1.82, 2.24) is 30.1 Å². The number of hydrogen-bond acceptors (Lipinski definition) is 4. The molecule has 1 saturated heterocycles. The molecule has 162 valence electrons. The van der Waals surface area contributed by atoms with Crippen LogP contribution in [-0.4, -0.2) is 63.7 Å². The van der Waals surface area contributed by atoms with Gasteiger partial charge in [0.05, 0.1) is 6.54 Å². The lowest BCUT2D eigenvalue weighted by molar-refractivity contribution is 0.102. The highest BCUT2D eigenvalue weighted by Gasteiger charge is 2.27. The lowest BCUT2D eigenvalue weighted by Gasteiger charge is -2.40. The molecule has 0 saturated carbocycles. The van der Waals surface area contributed by atoms with Gasteiger partial charge in [-0.1, -0.05) is 12.5 Å². The standard InChI is InChI=1S/C21H35N7.HI/c1-4-22-20(24-17-21(2,3)27-14-7-5-8-15-27)23-13-10-12-19-26-25-18-11-6-9-16-28(18)19;/h6,9,11,16H,4-5,7-8,10,12-15,17H2,1-3H3,(H2,22,23,24);1H. The van der Waals surface area contributed by atoms with E-state index in [0.29, 0.717) is 0 Å². The SMILES string of the molecule is CCNC(=NCC(C)(C)N1CCCCC1)NCCCc1nnc2ccccn12.I. The zero-order valence-corrected chi connectivity index (χ0v) is 20.4. The van der Waals surface area contributed by atoms with Crippen molar-refractivity contribution in [1.29, 1.82) is 0 Å². The van der Waals surface area contributed by atoms with Crippen LogP contribution in [0.2, 0.25) is 0 Å². The second kappa shape index (κ2) is 11.7. The summed E-state index contributed by atoms with van der Waals surface area (Å²) in [6.07, 6.45) is 7.87. The van der Waals surface area contributed by atoms with E-state index in [-0.39, 0.29) is 29.5 Å². The fourth-order valence-corrected chi connectivity index (χ4v) is 3.73. The Morgan fingerprint density at radius 2 is 1.93 bits per heavy atom. The van der Waals surface area contributed by atoms with Crippen molar-refractivity contribution in [3.8, 4) is 0 Å². The van der Waals surface area contributed by atoms with Crippen molar-refractivity contribution in [3.63, 3.8) is 0 Å². The molecule has 3 heterocycles.